The molecule has 0 saturated carbocycles. The van der Waals surface area contributed by atoms with Gasteiger partial charge in [0.15, 0.2) is 0 Å². The number of aldehydes is 1. The van der Waals surface area contributed by atoms with Crippen LogP contribution in [0.5, 0.6) is 0 Å². The lowest BCUT2D eigenvalue weighted by molar-refractivity contribution is -0.304. The summed E-state index contributed by atoms with van der Waals surface area (Å²) in [4.78, 5) is 10.4. The van der Waals surface area contributed by atoms with E-state index in [1.165, 1.54) is 20.3 Å². The number of carbonyl (C=O) groups is 1. The van der Waals surface area contributed by atoms with E-state index in [4.69, 9.17) is 9.47 Å². The molecule has 0 aliphatic rings. The second kappa shape index (κ2) is 5.55. The summed E-state index contributed by atoms with van der Waals surface area (Å²) in [6, 6.07) is 6.88. The van der Waals surface area contributed by atoms with Crippen molar-refractivity contribution in [3.05, 3.63) is 41.5 Å². The van der Waals surface area contributed by atoms with Crippen LogP contribution < -0.4 is 0 Å². The molecule has 4 nitrogen and oxygen atoms in total. The molecule has 0 aliphatic carbocycles. The van der Waals surface area contributed by atoms with E-state index in [0.717, 1.165) is 11.8 Å². The molecule has 0 saturated heterocycles. The maximum Gasteiger partial charge on any atom is 0.301 e. The van der Waals surface area contributed by atoms with Crippen LogP contribution in [0.3, 0.4) is 0 Å². The van der Waals surface area contributed by atoms with Gasteiger partial charge in [0.05, 0.1) is 0 Å². The normalized spacial score (nSPS) is 11.9. The summed E-state index contributed by atoms with van der Waals surface area (Å²) in [5, 5.41) is 9.60. The Labute approximate surface area is 94.1 Å². The van der Waals surface area contributed by atoms with Crippen LogP contribution in [0, 0.1) is 0 Å². The fraction of sp³-hybridized carbons (Fsp3) is 0.250. The van der Waals surface area contributed by atoms with Crippen LogP contribution in [0.1, 0.15) is 15.9 Å². The van der Waals surface area contributed by atoms with E-state index in [1.807, 2.05) is 0 Å². The molecule has 1 aromatic carbocycles. The molecule has 16 heavy (non-hydrogen) atoms. The van der Waals surface area contributed by atoms with Crippen molar-refractivity contribution in [1.82, 2.24) is 0 Å². The molecule has 86 valence electrons. The number of methoxy groups -OCH3 is 2. The maximum atomic E-state index is 10.4. The molecule has 0 aromatic heterocycles. The Morgan fingerprint density at radius 3 is 2.06 bits per heavy atom. The van der Waals surface area contributed by atoms with Crippen molar-refractivity contribution in [3.63, 3.8) is 0 Å². The maximum absolute atomic E-state index is 10.4. The monoisotopic (exact) mass is 222 g/mol. The summed E-state index contributed by atoms with van der Waals surface area (Å²) >= 11 is 0. The SMILES string of the molecule is COC(O)(/C=C/c1ccc(C=O)cc1)OC. The Morgan fingerprint density at radius 1 is 1.12 bits per heavy atom. The van der Waals surface area contributed by atoms with Crippen molar-refractivity contribution in [3.8, 4) is 0 Å². The smallest absolute Gasteiger partial charge is 0.301 e. The predicted molar refractivity (Wildman–Crippen MR) is 59.8 cm³/mol. The summed E-state index contributed by atoms with van der Waals surface area (Å²) in [5.41, 5.74) is 1.43. The summed E-state index contributed by atoms with van der Waals surface area (Å²) in [6.45, 7) is 0. The number of hydrogen-bond acceptors (Lipinski definition) is 4. The van der Waals surface area contributed by atoms with Crippen molar-refractivity contribution < 1.29 is 19.4 Å². The molecular formula is C12H14O4. The average Bonchev–Trinajstić information content (AvgIpc) is 2.36. The predicted octanol–water partition coefficient (Wildman–Crippen LogP) is 1.45. The first-order valence-electron chi connectivity index (χ1n) is 4.70. The van der Waals surface area contributed by atoms with E-state index in [0.29, 0.717) is 5.56 Å². The standard InChI is InChI=1S/C12H14O4/c1-15-12(14,16-2)8-7-10-3-5-11(9-13)6-4-10/h3-9,14H,1-2H3/b8-7+. The highest BCUT2D eigenvalue weighted by Gasteiger charge is 2.20. The largest absolute Gasteiger partial charge is 0.340 e. The topological polar surface area (TPSA) is 55.8 Å². The van der Waals surface area contributed by atoms with E-state index < -0.39 is 5.97 Å². The molecule has 0 radical (unpaired) electrons. The second-order valence-electron chi connectivity index (χ2n) is 3.16. The number of rotatable bonds is 5. The van der Waals surface area contributed by atoms with Crippen molar-refractivity contribution >= 4 is 12.4 Å². The number of benzene rings is 1. The Bertz CT molecular complexity index is 363. The van der Waals surface area contributed by atoms with Crippen molar-refractivity contribution in [1.29, 1.82) is 0 Å². The molecule has 0 atom stereocenters. The molecule has 1 N–H and O–H groups in total. The van der Waals surface area contributed by atoms with Gasteiger partial charge < -0.3 is 14.6 Å². The van der Waals surface area contributed by atoms with Crippen LogP contribution in [0.2, 0.25) is 0 Å². The van der Waals surface area contributed by atoms with Crippen molar-refractivity contribution in [2.45, 2.75) is 5.97 Å². The Hall–Kier alpha value is -1.49. The molecule has 1 aromatic rings. The van der Waals surface area contributed by atoms with Gasteiger partial charge in [0, 0.05) is 25.9 Å². The molecule has 0 unspecified atom stereocenters. The number of carbonyl (C=O) groups excluding carboxylic acids is 1. The quantitative estimate of drug-likeness (QED) is 0.605. The molecule has 4 heteroatoms. The van der Waals surface area contributed by atoms with Gasteiger partial charge in [-0.05, 0) is 5.56 Å². The zero-order valence-electron chi connectivity index (χ0n) is 9.21. The van der Waals surface area contributed by atoms with E-state index in [2.05, 4.69) is 0 Å². The van der Waals surface area contributed by atoms with Gasteiger partial charge in [-0.3, -0.25) is 4.79 Å². The second-order valence-corrected chi connectivity index (χ2v) is 3.16. The molecule has 0 fully saturated rings. The van der Waals surface area contributed by atoms with E-state index in [-0.39, 0.29) is 0 Å². The zero-order chi connectivity index (χ0) is 12.0. The molecule has 0 aliphatic heterocycles. The Kier molecular flexibility index (Phi) is 4.37. The minimum absolute atomic E-state index is 0.603. The average molecular weight is 222 g/mol. The van der Waals surface area contributed by atoms with E-state index in [9.17, 15) is 9.90 Å². The van der Waals surface area contributed by atoms with Crippen LogP contribution in [-0.2, 0) is 9.47 Å². The Morgan fingerprint density at radius 2 is 1.62 bits per heavy atom. The minimum atomic E-state index is -1.72. The third-order valence-electron chi connectivity index (χ3n) is 2.14. The van der Waals surface area contributed by atoms with Gasteiger partial charge in [-0.2, -0.15) is 0 Å². The molecule has 0 heterocycles. The minimum Gasteiger partial charge on any atom is -0.340 e. The first-order valence-corrected chi connectivity index (χ1v) is 4.70. The van der Waals surface area contributed by atoms with Crippen molar-refractivity contribution in [2.24, 2.45) is 0 Å². The Balaban J connectivity index is 2.79. The summed E-state index contributed by atoms with van der Waals surface area (Å²) < 4.78 is 9.49. The van der Waals surface area contributed by atoms with Gasteiger partial charge >= 0.3 is 5.97 Å². The summed E-state index contributed by atoms with van der Waals surface area (Å²) in [5.74, 6) is -1.72. The third kappa shape index (κ3) is 3.27. The van der Waals surface area contributed by atoms with Crippen LogP contribution in [0.25, 0.3) is 6.08 Å². The molecular weight excluding hydrogens is 208 g/mol. The van der Waals surface area contributed by atoms with Gasteiger partial charge in [-0.15, -0.1) is 0 Å². The van der Waals surface area contributed by atoms with Gasteiger partial charge in [0.2, 0.25) is 0 Å². The molecule has 0 amide bonds. The molecule has 1 rings (SSSR count). The lowest BCUT2D eigenvalue weighted by Crippen LogP contribution is -2.30. The molecule has 0 spiro atoms. The summed E-state index contributed by atoms with van der Waals surface area (Å²) in [7, 11) is 2.67. The van der Waals surface area contributed by atoms with Crippen molar-refractivity contribution in [2.75, 3.05) is 14.2 Å². The van der Waals surface area contributed by atoms with E-state index in [1.54, 1.807) is 30.3 Å². The fourth-order valence-corrected chi connectivity index (χ4v) is 1.11. The number of hydrogen-bond donors (Lipinski definition) is 1. The third-order valence-corrected chi connectivity index (χ3v) is 2.14. The number of aliphatic hydroxyl groups is 1. The lowest BCUT2D eigenvalue weighted by atomic mass is 10.1. The van der Waals surface area contributed by atoms with Gasteiger partial charge in [0.1, 0.15) is 6.29 Å². The first kappa shape index (κ1) is 12.6. The lowest BCUT2D eigenvalue weighted by Gasteiger charge is -2.19. The van der Waals surface area contributed by atoms with Gasteiger partial charge in [0.25, 0.3) is 0 Å². The van der Waals surface area contributed by atoms with Crippen LogP contribution >= 0.6 is 0 Å². The summed E-state index contributed by atoms with van der Waals surface area (Å²) in [6.07, 6.45) is 3.79. The molecule has 0 bridgehead atoms. The zero-order valence-corrected chi connectivity index (χ0v) is 9.21. The van der Waals surface area contributed by atoms with Crippen LogP contribution in [0.15, 0.2) is 30.3 Å². The van der Waals surface area contributed by atoms with Crippen LogP contribution in [0.4, 0.5) is 0 Å². The first-order chi connectivity index (χ1) is 7.63. The fourth-order valence-electron chi connectivity index (χ4n) is 1.11. The van der Waals surface area contributed by atoms with Gasteiger partial charge in [-0.25, -0.2) is 0 Å². The highest BCUT2D eigenvalue weighted by Crippen LogP contribution is 2.12. The van der Waals surface area contributed by atoms with Crippen LogP contribution in [-0.4, -0.2) is 31.6 Å². The highest BCUT2D eigenvalue weighted by atomic mass is 16.8. The van der Waals surface area contributed by atoms with Gasteiger partial charge in [-0.1, -0.05) is 30.3 Å². The van der Waals surface area contributed by atoms with E-state index >= 15 is 0 Å². The highest BCUT2D eigenvalue weighted by molar-refractivity contribution is 5.75. The number of ether oxygens (including phenoxy) is 2.